The number of aryl methyl sites for hydroxylation is 1. The highest BCUT2D eigenvalue weighted by Gasteiger charge is 1.97. The van der Waals surface area contributed by atoms with Gasteiger partial charge in [0.05, 0.1) is 24.9 Å². The summed E-state index contributed by atoms with van der Waals surface area (Å²) in [7, 11) is 1.99. The second kappa shape index (κ2) is 2.81. The van der Waals surface area contributed by atoms with Crippen LogP contribution >= 0.6 is 0 Å². The molecule has 0 spiro atoms. The van der Waals surface area contributed by atoms with Crippen LogP contribution in [0.1, 0.15) is 5.69 Å². The SMILES string of the molecule is Cn1cncc1Cn1ccnc1. The minimum Gasteiger partial charge on any atom is -0.336 e. The lowest BCUT2D eigenvalue weighted by atomic mass is 10.4. The van der Waals surface area contributed by atoms with E-state index in [1.54, 1.807) is 18.9 Å². The maximum absolute atomic E-state index is 4.03. The van der Waals surface area contributed by atoms with Crippen molar-refractivity contribution in [1.29, 1.82) is 0 Å². The van der Waals surface area contributed by atoms with Crippen LogP contribution < -0.4 is 0 Å². The van der Waals surface area contributed by atoms with Crippen molar-refractivity contribution in [2.24, 2.45) is 7.05 Å². The topological polar surface area (TPSA) is 35.6 Å². The molecule has 2 rings (SSSR count). The van der Waals surface area contributed by atoms with Gasteiger partial charge >= 0.3 is 0 Å². The van der Waals surface area contributed by atoms with Gasteiger partial charge in [0.1, 0.15) is 0 Å². The molecule has 0 aromatic carbocycles. The van der Waals surface area contributed by atoms with Crippen LogP contribution in [-0.4, -0.2) is 19.1 Å². The van der Waals surface area contributed by atoms with Crippen molar-refractivity contribution in [3.05, 3.63) is 36.9 Å². The minimum absolute atomic E-state index is 0.830. The van der Waals surface area contributed by atoms with E-state index in [1.807, 2.05) is 28.6 Å². The highest BCUT2D eigenvalue weighted by Crippen LogP contribution is 1.99. The molecule has 2 aromatic heterocycles. The summed E-state index contributed by atoms with van der Waals surface area (Å²) < 4.78 is 4.01. The van der Waals surface area contributed by atoms with E-state index in [0.717, 1.165) is 6.54 Å². The molecule has 4 heteroatoms. The maximum Gasteiger partial charge on any atom is 0.0949 e. The van der Waals surface area contributed by atoms with Gasteiger partial charge < -0.3 is 9.13 Å². The van der Waals surface area contributed by atoms with Crippen LogP contribution in [0.15, 0.2) is 31.2 Å². The van der Waals surface area contributed by atoms with Crippen LogP contribution in [0.2, 0.25) is 0 Å². The zero-order valence-electron chi connectivity index (χ0n) is 6.88. The largest absolute Gasteiger partial charge is 0.336 e. The smallest absolute Gasteiger partial charge is 0.0949 e. The molecule has 0 unspecified atom stereocenters. The molecule has 0 aliphatic heterocycles. The Kier molecular flexibility index (Phi) is 1.66. The molecule has 0 aliphatic rings. The molecule has 0 radical (unpaired) electrons. The van der Waals surface area contributed by atoms with E-state index in [9.17, 15) is 0 Å². The van der Waals surface area contributed by atoms with E-state index < -0.39 is 0 Å². The third kappa shape index (κ3) is 1.23. The van der Waals surface area contributed by atoms with Crippen LogP contribution in [0, 0.1) is 0 Å². The Labute approximate surface area is 70.5 Å². The first-order valence-corrected chi connectivity index (χ1v) is 3.77. The quantitative estimate of drug-likeness (QED) is 0.650. The van der Waals surface area contributed by atoms with Gasteiger partial charge in [-0.05, 0) is 0 Å². The van der Waals surface area contributed by atoms with Gasteiger partial charge in [-0.1, -0.05) is 0 Å². The number of imidazole rings is 2. The van der Waals surface area contributed by atoms with E-state index >= 15 is 0 Å². The molecule has 0 atom stereocenters. The van der Waals surface area contributed by atoms with E-state index in [-0.39, 0.29) is 0 Å². The number of hydrogen-bond donors (Lipinski definition) is 0. The Morgan fingerprint density at radius 2 is 2.25 bits per heavy atom. The lowest BCUT2D eigenvalue weighted by Crippen LogP contribution is -2.01. The highest BCUT2D eigenvalue weighted by molar-refractivity contribution is 4.98. The van der Waals surface area contributed by atoms with Crippen molar-refractivity contribution >= 4 is 0 Å². The maximum atomic E-state index is 4.03. The van der Waals surface area contributed by atoms with E-state index in [2.05, 4.69) is 9.97 Å². The average Bonchev–Trinajstić information content (AvgIpc) is 2.65. The van der Waals surface area contributed by atoms with Gasteiger partial charge in [0, 0.05) is 25.6 Å². The van der Waals surface area contributed by atoms with Crippen LogP contribution in [-0.2, 0) is 13.6 Å². The average molecular weight is 162 g/mol. The predicted molar refractivity (Wildman–Crippen MR) is 44.5 cm³/mol. The Bertz CT molecular complexity index is 347. The molecule has 0 aliphatic carbocycles. The summed E-state index contributed by atoms with van der Waals surface area (Å²) in [6.45, 7) is 0.830. The molecule has 4 nitrogen and oxygen atoms in total. The van der Waals surface area contributed by atoms with Gasteiger partial charge in [-0.25, -0.2) is 9.97 Å². The fourth-order valence-electron chi connectivity index (χ4n) is 1.10. The van der Waals surface area contributed by atoms with Gasteiger partial charge in [0.25, 0.3) is 0 Å². The molecule has 0 N–H and O–H groups in total. The first kappa shape index (κ1) is 7.09. The van der Waals surface area contributed by atoms with E-state index in [4.69, 9.17) is 0 Å². The summed E-state index contributed by atoms with van der Waals surface area (Å²) in [5.74, 6) is 0. The third-order valence-corrected chi connectivity index (χ3v) is 1.82. The first-order chi connectivity index (χ1) is 5.86. The zero-order valence-corrected chi connectivity index (χ0v) is 6.88. The van der Waals surface area contributed by atoms with Crippen LogP contribution in [0.25, 0.3) is 0 Å². The summed E-state index contributed by atoms with van der Waals surface area (Å²) in [5, 5.41) is 0. The van der Waals surface area contributed by atoms with Gasteiger partial charge in [-0.15, -0.1) is 0 Å². The van der Waals surface area contributed by atoms with Crippen molar-refractivity contribution in [3.8, 4) is 0 Å². The Balaban J connectivity index is 2.20. The first-order valence-electron chi connectivity index (χ1n) is 3.77. The molecular formula is C8H10N4. The van der Waals surface area contributed by atoms with Crippen molar-refractivity contribution in [1.82, 2.24) is 19.1 Å². The number of rotatable bonds is 2. The molecule has 2 aromatic rings. The van der Waals surface area contributed by atoms with Crippen LogP contribution in [0.4, 0.5) is 0 Å². The van der Waals surface area contributed by atoms with Gasteiger partial charge in [-0.2, -0.15) is 0 Å². The van der Waals surface area contributed by atoms with Crippen molar-refractivity contribution in [2.45, 2.75) is 6.54 Å². The summed E-state index contributed by atoms with van der Waals surface area (Å²) in [6.07, 6.45) is 9.17. The molecule has 12 heavy (non-hydrogen) atoms. The summed E-state index contributed by atoms with van der Waals surface area (Å²) in [4.78, 5) is 8.00. The number of hydrogen-bond acceptors (Lipinski definition) is 2. The normalized spacial score (nSPS) is 10.4. The third-order valence-electron chi connectivity index (χ3n) is 1.82. The lowest BCUT2D eigenvalue weighted by molar-refractivity contribution is 0.722. The van der Waals surface area contributed by atoms with Crippen LogP contribution in [0.3, 0.4) is 0 Å². The fraction of sp³-hybridized carbons (Fsp3) is 0.250. The van der Waals surface area contributed by atoms with E-state index in [0.29, 0.717) is 0 Å². The lowest BCUT2D eigenvalue weighted by Gasteiger charge is -2.01. The Morgan fingerprint density at radius 3 is 2.83 bits per heavy atom. The predicted octanol–water partition coefficient (Wildman–Crippen LogP) is 0.665. The molecule has 0 saturated heterocycles. The number of aromatic nitrogens is 4. The molecule has 0 fully saturated rings. The molecule has 62 valence electrons. The second-order valence-corrected chi connectivity index (χ2v) is 2.73. The van der Waals surface area contributed by atoms with Crippen molar-refractivity contribution < 1.29 is 0 Å². The Morgan fingerprint density at radius 1 is 1.33 bits per heavy atom. The highest BCUT2D eigenvalue weighted by atomic mass is 15.1. The molecule has 2 heterocycles. The van der Waals surface area contributed by atoms with Gasteiger partial charge in [0.2, 0.25) is 0 Å². The van der Waals surface area contributed by atoms with E-state index in [1.165, 1.54) is 5.69 Å². The second-order valence-electron chi connectivity index (χ2n) is 2.73. The number of nitrogens with zero attached hydrogens (tertiary/aromatic N) is 4. The molecule has 0 saturated carbocycles. The van der Waals surface area contributed by atoms with Crippen molar-refractivity contribution in [2.75, 3.05) is 0 Å². The fourth-order valence-corrected chi connectivity index (χ4v) is 1.10. The molecule has 0 amide bonds. The molecule has 0 bridgehead atoms. The Hall–Kier alpha value is -1.58. The summed E-state index contributed by atoms with van der Waals surface area (Å²) in [5.41, 5.74) is 1.17. The summed E-state index contributed by atoms with van der Waals surface area (Å²) >= 11 is 0. The molecular weight excluding hydrogens is 152 g/mol. The van der Waals surface area contributed by atoms with Gasteiger partial charge in [0.15, 0.2) is 0 Å². The van der Waals surface area contributed by atoms with Crippen LogP contribution in [0.5, 0.6) is 0 Å². The zero-order chi connectivity index (χ0) is 8.39. The van der Waals surface area contributed by atoms with Gasteiger partial charge in [-0.3, -0.25) is 0 Å². The standard InChI is InChI=1S/C8H10N4/c1-11-6-10-4-8(11)5-12-3-2-9-7-12/h2-4,6-7H,5H2,1H3. The monoisotopic (exact) mass is 162 g/mol. The van der Waals surface area contributed by atoms with Crippen molar-refractivity contribution in [3.63, 3.8) is 0 Å². The minimum atomic E-state index is 0.830. The summed E-state index contributed by atoms with van der Waals surface area (Å²) in [6, 6.07) is 0.